The summed E-state index contributed by atoms with van der Waals surface area (Å²) in [6.45, 7) is 4.05. The minimum atomic E-state index is 0.353. The maximum absolute atomic E-state index is 6.08. The SMILES string of the molecule is CCc1nn(C)cc1-n1c(CCl)nc2c(C)nn(C)c21. The molecule has 0 aliphatic rings. The van der Waals surface area contributed by atoms with Gasteiger partial charge in [-0.3, -0.25) is 9.25 Å². The van der Waals surface area contributed by atoms with Gasteiger partial charge in [-0.15, -0.1) is 11.6 Å². The highest BCUT2D eigenvalue weighted by atomic mass is 35.5. The predicted octanol–water partition coefficient (Wildman–Crippen LogP) is 2.10. The molecule has 0 saturated heterocycles. The zero-order valence-corrected chi connectivity index (χ0v) is 12.8. The standard InChI is InChI=1S/C13H17ClN6/c1-5-9-10(7-18(3)17-9)20-11(6-14)15-12-8(2)16-19(4)13(12)20/h7H,5-6H2,1-4H3. The van der Waals surface area contributed by atoms with Crippen molar-refractivity contribution < 1.29 is 0 Å². The lowest BCUT2D eigenvalue weighted by Gasteiger charge is -2.07. The lowest BCUT2D eigenvalue weighted by atomic mass is 10.3. The van der Waals surface area contributed by atoms with Crippen molar-refractivity contribution in [3.05, 3.63) is 23.4 Å². The molecule has 3 aromatic heterocycles. The highest BCUT2D eigenvalue weighted by molar-refractivity contribution is 6.17. The van der Waals surface area contributed by atoms with Crippen LogP contribution in [0.15, 0.2) is 6.20 Å². The topological polar surface area (TPSA) is 53.5 Å². The fourth-order valence-electron chi connectivity index (χ4n) is 2.62. The van der Waals surface area contributed by atoms with E-state index in [2.05, 4.69) is 26.7 Å². The van der Waals surface area contributed by atoms with Crippen LogP contribution in [-0.4, -0.2) is 29.1 Å². The Morgan fingerprint density at radius 2 is 2.00 bits per heavy atom. The first-order valence-corrected chi connectivity index (χ1v) is 7.10. The van der Waals surface area contributed by atoms with Crippen LogP contribution in [0, 0.1) is 6.92 Å². The summed E-state index contributed by atoms with van der Waals surface area (Å²) >= 11 is 6.08. The van der Waals surface area contributed by atoms with Gasteiger partial charge in [-0.1, -0.05) is 6.92 Å². The van der Waals surface area contributed by atoms with Crippen LogP contribution >= 0.6 is 11.6 Å². The van der Waals surface area contributed by atoms with Crippen molar-refractivity contribution in [2.24, 2.45) is 14.1 Å². The van der Waals surface area contributed by atoms with Gasteiger partial charge in [0, 0.05) is 20.3 Å². The number of aromatic nitrogens is 6. The van der Waals surface area contributed by atoms with Crippen molar-refractivity contribution >= 4 is 22.8 Å². The van der Waals surface area contributed by atoms with E-state index in [9.17, 15) is 0 Å². The quantitative estimate of drug-likeness (QED) is 0.695. The van der Waals surface area contributed by atoms with Crippen LogP contribution < -0.4 is 0 Å². The maximum Gasteiger partial charge on any atom is 0.163 e. The van der Waals surface area contributed by atoms with Gasteiger partial charge in [0.25, 0.3) is 0 Å². The number of alkyl halides is 1. The number of fused-ring (bicyclic) bond motifs is 1. The first-order valence-electron chi connectivity index (χ1n) is 6.56. The molecule has 0 N–H and O–H groups in total. The lowest BCUT2D eigenvalue weighted by molar-refractivity contribution is 0.746. The highest BCUT2D eigenvalue weighted by Gasteiger charge is 2.20. The van der Waals surface area contributed by atoms with Crippen LogP contribution in [0.1, 0.15) is 24.1 Å². The minimum absolute atomic E-state index is 0.353. The van der Waals surface area contributed by atoms with Crippen molar-refractivity contribution in [2.45, 2.75) is 26.1 Å². The molecule has 0 aliphatic heterocycles. The summed E-state index contributed by atoms with van der Waals surface area (Å²) in [5, 5.41) is 8.94. The van der Waals surface area contributed by atoms with Gasteiger partial charge in [-0.05, 0) is 13.3 Å². The Morgan fingerprint density at radius 3 is 2.65 bits per heavy atom. The molecule has 0 spiro atoms. The molecule has 0 aliphatic carbocycles. The second kappa shape index (κ2) is 4.63. The predicted molar refractivity (Wildman–Crippen MR) is 78.3 cm³/mol. The second-order valence-corrected chi connectivity index (χ2v) is 5.13. The van der Waals surface area contributed by atoms with E-state index in [1.165, 1.54) is 0 Å². The number of hydrogen-bond acceptors (Lipinski definition) is 3. The summed E-state index contributed by atoms with van der Waals surface area (Å²) in [5.41, 5.74) is 4.82. The number of aryl methyl sites for hydroxylation is 4. The van der Waals surface area contributed by atoms with Crippen LogP contribution in [-0.2, 0) is 26.4 Å². The van der Waals surface area contributed by atoms with Gasteiger partial charge in [-0.25, -0.2) is 9.67 Å². The molecule has 0 bridgehead atoms. The number of rotatable bonds is 3. The van der Waals surface area contributed by atoms with Gasteiger partial charge in [0.05, 0.1) is 23.0 Å². The lowest BCUT2D eigenvalue weighted by Crippen LogP contribution is -2.05. The Morgan fingerprint density at radius 1 is 1.25 bits per heavy atom. The van der Waals surface area contributed by atoms with Crippen molar-refractivity contribution in [1.29, 1.82) is 0 Å². The molecule has 0 fully saturated rings. The Kier molecular flexibility index (Phi) is 3.05. The van der Waals surface area contributed by atoms with Crippen molar-refractivity contribution in [3.63, 3.8) is 0 Å². The monoisotopic (exact) mass is 292 g/mol. The minimum Gasteiger partial charge on any atom is -0.276 e. The van der Waals surface area contributed by atoms with Gasteiger partial charge >= 0.3 is 0 Å². The van der Waals surface area contributed by atoms with E-state index in [1.54, 1.807) is 0 Å². The second-order valence-electron chi connectivity index (χ2n) is 4.87. The fraction of sp³-hybridized carbons (Fsp3) is 0.462. The third-order valence-electron chi connectivity index (χ3n) is 3.45. The first-order chi connectivity index (χ1) is 9.56. The third kappa shape index (κ3) is 1.75. The number of hydrogen-bond donors (Lipinski definition) is 0. The van der Waals surface area contributed by atoms with E-state index in [1.807, 2.05) is 36.6 Å². The van der Waals surface area contributed by atoms with Crippen LogP contribution in [0.5, 0.6) is 0 Å². The molecule has 0 unspecified atom stereocenters. The molecule has 20 heavy (non-hydrogen) atoms. The summed E-state index contributed by atoms with van der Waals surface area (Å²) in [7, 11) is 3.85. The maximum atomic E-state index is 6.08. The van der Waals surface area contributed by atoms with Crippen molar-refractivity contribution in [1.82, 2.24) is 29.1 Å². The molecule has 3 heterocycles. The number of nitrogens with zero attached hydrogens (tertiary/aromatic N) is 6. The van der Waals surface area contributed by atoms with Gasteiger partial charge in [0.15, 0.2) is 5.65 Å². The summed E-state index contributed by atoms with van der Waals surface area (Å²) in [4.78, 5) is 4.62. The largest absolute Gasteiger partial charge is 0.276 e. The molecule has 6 nitrogen and oxygen atoms in total. The van der Waals surface area contributed by atoms with E-state index in [4.69, 9.17) is 11.6 Å². The highest BCUT2D eigenvalue weighted by Crippen LogP contribution is 2.26. The molecule has 0 radical (unpaired) electrons. The summed E-state index contributed by atoms with van der Waals surface area (Å²) in [6.07, 6.45) is 2.85. The Hall–Kier alpha value is -1.82. The summed E-state index contributed by atoms with van der Waals surface area (Å²) < 4.78 is 5.73. The van der Waals surface area contributed by atoms with Crippen LogP contribution in [0.3, 0.4) is 0 Å². The third-order valence-corrected chi connectivity index (χ3v) is 3.69. The molecule has 0 aromatic carbocycles. The van der Waals surface area contributed by atoms with Crippen LogP contribution in [0.4, 0.5) is 0 Å². The molecule has 3 rings (SSSR count). The number of halogens is 1. The van der Waals surface area contributed by atoms with Gasteiger partial charge < -0.3 is 0 Å². The molecule has 3 aromatic rings. The van der Waals surface area contributed by atoms with E-state index < -0.39 is 0 Å². The number of imidazole rings is 1. The zero-order valence-electron chi connectivity index (χ0n) is 12.1. The molecule has 106 valence electrons. The molecule has 0 amide bonds. The molecule has 0 saturated carbocycles. The molecule has 0 atom stereocenters. The summed E-state index contributed by atoms with van der Waals surface area (Å²) in [6, 6.07) is 0. The zero-order chi connectivity index (χ0) is 14.4. The van der Waals surface area contributed by atoms with E-state index in [0.29, 0.717) is 5.88 Å². The van der Waals surface area contributed by atoms with E-state index in [-0.39, 0.29) is 0 Å². The van der Waals surface area contributed by atoms with Crippen LogP contribution in [0.2, 0.25) is 0 Å². The van der Waals surface area contributed by atoms with Crippen molar-refractivity contribution in [2.75, 3.05) is 0 Å². The van der Waals surface area contributed by atoms with E-state index in [0.717, 1.165) is 40.5 Å². The first kappa shape index (κ1) is 13.2. The fourth-order valence-corrected chi connectivity index (χ4v) is 2.80. The molecular formula is C13H17ClN6. The van der Waals surface area contributed by atoms with E-state index >= 15 is 0 Å². The Labute approximate surface area is 122 Å². The van der Waals surface area contributed by atoms with Crippen LogP contribution in [0.25, 0.3) is 16.9 Å². The average molecular weight is 293 g/mol. The average Bonchev–Trinajstić information content (AvgIpc) is 3.04. The summed E-state index contributed by atoms with van der Waals surface area (Å²) in [5.74, 6) is 1.17. The van der Waals surface area contributed by atoms with Crippen molar-refractivity contribution in [3.8, 4) is 5.69 Å². The van der Waals surface area contributed by atoms with Gasteiger partial charge in [0.2, 0.25) is 0 Å². The van der Waals surface area contributed by atoms with Gasteiger partial charge in [-0.2, -0.15) is 10.2 Å². The Bertz CT molecular complexity index is 779. The van der Waals surface area contributed by atoms with Gasteiger partial charge in [0.1, 0.15) is 11.3 Å². The smallest absolute Gasteiger partial charge is 0.163 e. The normalized spacial score (nSPS) is 11.7. The molecular weight excluding hydrogens is 276 g/mol. The Balaban J connectivity index is 2.39. The molecule has 7 heteroatoms.